The van der Waals surface area contributed by atoms with Crippen LogP contribution in [0.25, 0.3) is 11.0 Å². The predicted molar refractivity (Wildman–Crippen MR) is 96.7 cm³/mol. The molecule has 3 heterocycles. The molecule has 1 aliphatic heterocycles. The number of piperidine rings is 1. The van der Waals surface area contributed by atoms with E-state index in [-0.39, 0.29) is 30.3 Å². The van der Waals surface area contributed by atoms with Crippen molar-refractivity contribution in [3.63, 3.8) is 0 Å². The van der Waals surface area contributed by atoms with Crippen LogP contribution in [0, 0.1) is 11.8 Å². The van der Waals surface area contributed by atoms with Crippen LogP contribution < -0.4 is 5.32 Å². The first-order chi connectivity index (χ1) is 12.4. The van der Waals surface area contributed by atoms with E-state index >= 15 is 0 Å². The number of urea groups is 1. The molecule has 26 heavy (non-hydrogen) atoms. The number of hydrogen-bond donors (Lipinski definition) is 3. The molecule has 1 fully saturated rings. The van der Waals surface area contributed by atoms with Crippen LogP contribution in [-0.2, 0) is 11.2 Å². The van der Waals surface area contributed by atoms with Gasteiger partial charge in [-0.2, -0.15) is 0 Å². The van der Waals surface area contributed by atoms with Crippen LogP contribution in [0.1, 0.15) is 32.5 Å². The highest BCUT2D eigenvalue weighted by molar-refractivity contribution is 5.75. The van der Waals surface area contributed by atoms with E-state index in [0.717, 1.165) is 16.9 Å². The average Bonchev–Trinajstić information content (AvgIpc) is 2.97. The first kappa shape index (κ1) is 18.2. The number of carbonyl (C=O) groups excluding carboxylic acids is 1. The van der Waals surface area contributed by atoms with E-state index < -0.39 is 5.97 Å². The monoisotopic (exact) mass is 359 g/mol. The SMILES string of the molecule is CC(C)NC(=O)N1CC[C@@H](CC(=O)O)[C@@H](Cc2nc3ccncc3[nH]2)C1. The van der Waals surface area contributed by atoms with Gasteiger partial charge in [-0.1, -0.05) is 0 Å². The minimum atomic E-state index is -0.797. The van der Waals surface area contributed by atoms with Gasteiger partial charge in [0, 0.05) is 38.2 Å². The van der Waals surface area contributed by atoms with Crippen molar-refractivity contribution in [2.24, 2.45) is 11.8 Å². The molecule has 2 amide bonds. The third-order valence-electron chi connectivity index (χ3n) is 4.82. The standard InChI is InChI=1S/C18H25N5O3/c1-11(2)20-18(26)23-6-4-12(8-17(24)25)13(10-23)7-16-21-14-3-5-19-9-15(14)22-16/h3,5,9,11-13H,4,6-8,10H2,1-2H3,(H,20,26)(H,21,22)(H,24,25)/t12-,13-/m0/s1. The summed E-state index contributed by atoms with van der Waals surface area (Å²) in [5.41, 5.74) is 1.71. The summed E-state index contributed by atoms with van der Waals surface area (Å²) in [5.74, 6) is 0.0848. The highest BCUT2D eigenvalue weighted by Crippen LogP contribution is 2.29. The zero-order chi connectivity index (χ0) is 18.7. The Balaban J connectivity index is 1.75. The van der Waals surface area contributed by atoms with Crippen molar-refractivity contribution in [3.8, 4) is 0 Å². The second kappa shape index (κ2) is 7.72. The number of amides is 2. The summed E-state index contributed by atoms with van der Waals surface area (Å²) in [5, 5.41) is 12.1. The normalized spacial score (nSPS) is 20.5. The summed E-state index contributed by atoms with van der Waals surface area (Å²) in [4.78, 5) is 37.3. The number of imidazole rings is 1. The van der Waals surface area contributed by atoms with Crippen molar-refractivity contribution < 1.29 is 14.7 Å². The minimum Gasteiger partial charge on any atom is -0.481 e. The van der Waals surface area contributed by atoms with Gasteiger partial charge in [0.15, 0.2) is 0 Å². The van der Waals surface area contributed by atoms with Crippen LogP contribution in [0.5, 0.6) is 0 Å². The fourth-order valence-electron chi connectivity index (χ4n) is 3.58. The molecule has 3 rings (SSSR count). The van der Waals surface area contributed by atoms with E-state index in [1.807, 2.05) is 19.9 Å². The number of nitrogens with zero attached hydrogens (tertiary/aromatic N) is 3. The maximum absolute atomic E-state index is 12.3. The van der Waals surface area contributed by atoms with Crippen LogP contribution in [0.4, 0.5) is 4.79 Å². The Labute approximate surface area is 152 Å². The van der Waals surface area contributed by atoms with Gasteiger partial charge in [0.2, 0.25) is 0 Å². The lowest BCUT2D eigenvalue weighted by molar-refractivity contribution is -0.139. The maximum Gasteiger partial charge on any atom is 0.317 e. The Morgan fingerprint density at radius 3 is 2.92 bits per heavy atom. The lowest BCUT2D eigenvalue weighted by Gasteiger charge is -2.38. The molecule has 0 bridgehead atoms. The zero-order valence-electron chi connectivity index (χ0n) is 15.1. The fourth-order valence-corrected chi connectivity index (χ4v) is 3.58. The van der Waals surface area contributed by atoms with Gasteiger partial charge in [-0.05, 0) is 38.2 Å². The van der Waals surface area contributed by atoms with Gasteiger partial charge < -0.3 is 20.3 Å². The number of nitrogens with one attached hydrogen (secondary N) is 2. The number of hydrogen-bond acceptors (Lipinski definition) is 4. The summed E-state index contributed by atoms with van der Waals surface area (Å²) in [7, 11) is 0. The molecule has 1 saturated heterocycles. The van der Waals surface area contributed by atoms with Crippen molar-refractivity contribution in [3.05, 3.63) is 24.3 Å². The summed E-state index contributed by atoms with van der Waals surface area (Å²) < 4.78 is 0. The molecule has 0 saturated carbocycles. The zero-order valence-corrected chi connectivity index (χ0v) is 15.1. The number of fused-ring (bicyclic) bond motifs is 1. The van der Waals surface area contributed by atoms with Crippen molar-refractivity contribution >= 4 is 23.0 Å². The summed E-state index contributed by atoms with van der Waals surface area (Å²) in [6.45, 7) is 4.97. The largest absolute Gasteiger partial charge is 0.481 e. The molecule has 3 N–H and O–H groups in total. The number of carboxylic acids is 1. The molecule has 0 radical (unpaired) electrons. The Morgan fingerprint density at radius 1 is 1.42 bits per heavy atom. The van der Waals surface area contributed by atoms with E-state index in [1.165, 1.54) is 0 Å². The third kappa shape index (κ3) is 4.30. The molecule has 140 valence electrons. The van der Waals surface area contributed by atoms with E-state index in [9.17, 15) is 14.7 Å². The number of aromatic amines is 1. The highest BCUT2D eigenvalue weighted by Gasteiger charge is 2.33. The summed E-state index contributed by atoms with van der Waals surface area (Å²) in [6, 6.07) is 1.82. The number of aliphatic carboxylic acids is 1. The van der Waals surface area contributed by atoms with Crippen LogP contribution in [0.15, 0.2) is 18.5 Å². The third-order valence-corrected chi connectivity index (χ3v) is 4.82. The average molecular weight is 359 g/mol. The predicted octanol–water partition coefficient (Wildman–Crippen LogP) is 2.03. The minimum absolute atomic E-state index is 0.0296. The Kier molecular flexibility index (Phi) is 5.39. The van der Waals surface area contributed by atoms with Gasteiger partial charge in [0.25, 0.3) is 0 Å². The molecule has 0 unspecified atom stereocenters. The number of aromatic nitrogens is 3. The van der Waals surface area contributed by atoms with E-state index in [2.05, 4.69) is 20.3 Å². The van der Waals surface area contributed by atoms with Crippen molar-refractivity contribution in [2.45, 2.75) is 39.2 Å². The second-order valence-electron chi connectivity index (χ2n) is 7.24. The Bertz CT molecular complexity index is 755. The Hall–Kier alpha value is -2.64. The van der Waals surface area contributed by atoms with Crippen molar-refractivity contribution in [1.29, 1.82) is 0 Å². The first-order valence-electron chi connectivity index (χ1n) is 8.98. The van der Waals surface area contributed by atoms with E-state index in [0.29, 0.717) is 25.9 Å². The molecule has 2 aromatic heterocycles. The van der Waals surface area contributed by atoms with E-state index in [1.54, 1.807) is 17.3 Å². The van der Waals surface area contributed by atoms with Crippen LogP contribution in [0.3, 0.4) is 0 Å². The van der Waals surface area contributed by atoms with Crippen LogP contribution in [0.2, 0.25) is 0 Å². The number of carboxylic acid groups (broad SMARTS) is 1. The van der Waals surface area contributed by atoms with Gasteiger partial charge >= 0.3 is 12.0 Å². The molecule has 0 aromatic carbocycles. The molecule has 0 spiro atoms. The quantitative estimate of drug-likeness (QED) is 0.756. The summed E-state index contributed by atoms with van der Waals surface area (Å²) >= 11 is 0. The lowest BCUT2D eigenvalue weighted by Crippen LogP contribution is -2.50. The molecule has 8 nitrogen and oxygen atoms in total. The lowest BCUT2D eigenvalue weighted by atomic mass is 9.81. The van der Waals surface area contributed by atoms with Gasteiger partial charge in [-0.25, -0.2) is 9.78 Å². The number of rotatable bonds is 5. The molecule has 8 heteroatoms. The maximum atomic E-state index is 12.3. The smallest absolute Gasteiger partial charge is 0.317 e. The fraction of sp³-hybridized carbons (Fsp3) is 0.556. The van der Waals surface area contributed by atoms with Gasteiger partial charge in [-0.15, -0.1) is 0 Å². The van der Waals surface area contributed by atoms with Crippen molar-refractivity contribution in [1.82, 2.24) is 25.2 Å². The number of pyridine rings is 1. The molecular weight excluding hydrogens is 334 g/mol. The molecule has 2 atom stereocenters. The van der Waals surface area contributed by atoms with Crippen LogP contribution in [-0.4, -0.2) is 56.1 Å². The molecule has 0 aliphatic carbocycles. The van der Waals surface area contributed by atoms with Crippen LogP contribution >= 0.6 is 0 Å². The first-order valence-corrected chi connectivity index (χ1v) is 8.98. The van der Waals surface area contributed by atoms with Crippen molar-refractivity contribution in [2.75, 3.05) is 13.1 Å². The molecule has 2 aromatic rings. The number of H-pyrrole nitrogens is 1. The van der Waals surface area contributed by atoms with Gasteiger partial charge in [0.05, 0.1) is 17.2 Å². The van der Waals surface area contributed by atoms with E-state index in [4.69, 9.17) is 0 Å². The topological polar surface area (TPSA) is 111 Å². The number of likely N-dealkylation sites (tertiary alicyclic amines) is 1. The second-order valence-corrected chi connectivity index (χ2v) is 7.24. The summed E-state index contributed by atoms with van der Waals surface area (Å²) in [6.07, 6.45) is 4.83. The van der Waals surface area contributed by atoms with Gasteiger partial charge in [0.1, 0.15) is 5.82 Å². The van der Waals surface area contributed by atoms with Gasteiger partial charge in [-0.3, -0.25) is 9.78 Å². The Morgan fingerprint density at radius 2 is 2.23 bits per heavy atom. The highest BCUT2D eigenvalue weighted by atomic mass is 16.4. The number of carbonyl (C=O) groups is 2. The molecule has 1 aliphatic rings. The molecular formula is C18H25N5O3.